The quantitative estimate of drug-likeness (QED) is 0.0315. The van der Waals surface area contributed by atoms with E-state index in [1.165, 1.54) is 44.6 Å². The minimum absolute atomic E-state index is 0.0180. The van der Waals surface area contributed by atoms with Crippen LogP contribution in [-0.4, -0.2) is 140 Å². The maximum atomic E-state index is 13.6. The van der Waals surface area contributed by atoms with E-state index in [1.54, 1.807) is 50.4 Å². The number of methoxy groups -OCH3 is 3. The van der Waals surface area contributed by atoms with Crippen molar-refractivity contribution < 1.29 is 81.6 Å². The maximum absolute atomic E-state index is 13.6. The molecule has 0 radical (unpaired) electrons. The van der Waals surface area contributed by atoms with Gasteiger partial charge in [-0.05, 0) is 104 Å². The summed E-state index contributed by atoms with van der Waals surface area (Å²) < 4.78 is 58.1. The van der Waals surface area contributed by atoms with Crippen molar-refractivity contribution in [3.8, 4) is 23.0 Å². The molecule has 440 valence electrons. The Hall–Kier alpha value is -5.91. The van der Waals surface area contributed by atoms with E-state index in [1.807, 2.05) is 44.2 Å². The molecular formula is C61H86O17Si2. The number of hydrogen-bond donors (Lipinski definition) is 3. The number of fused-ring (bicyclic) bond motifs is 1. The van der Waals surface area contributed by atoms with Gasteiger partial charge in [-0.2, -0.15) is 0 Å². The highest BCUT2D eigenvalue weighted by Gasteiger charge is 2.46. The van der Waals surface area contributed by atoms with Crippen molar-refractivity contribution in [1.29, 1.82) is 0 Å². The number of aromatic hydroxyl groups is 1. The van der Waals surface area contributed by atoms with Gasteiger partial charge in [0.1, 0.15) is 52.4 Å². The van der Waals surface area contributed by atoms with Crippen LogP contribution in [0.2, 0.25) is 43.8 Å². The Labute approximate surface area is 475 Å². The lowest BCUT2D eigenvalue weighted by atomic mass is 10.0. The molecule has 0 spiro atoms. The number of rotatable bonds is 20. The van der Waals surface area contributed by atoms with Gasteiger partial charge >= 0.3 is 17.9 Å². The zero-order chi connectivity index (χ0) is 59.6. The zero-order valence-electron chi connectivity index (χ0n) is 49.4. The second-order valence-corrected chi connectivity index (χ2v) is 33.6. The number of hydrogen-bond acceptors (Lipinski definition) is 17. The van der Waals surface area contributed by atoms with Crippen LogP contribution >= 0.6 is 0 Å². The molecule has 0 saturated carbocycles. The Bertz CT molecular complexity index is 2650. The maximum Gasteiger partial charge on any atom is 0.342 e. The third-order valence-corrected chi connectivity index (χ3v) is 19.7. The first-order chi connectivity index (χ1) is 37.5. The van der Waals surface area contributed by atoms with Crippen molar-refractivity contribution in [3.05, 3.63) is 119 Å². The van der Waals surface area contributed by atoms with Crippen molar-refractivity contribution in [1.82, 2.24) is 0 Å². The average molecular weight is 1150 g/mol. The first-order valence-corrected chi connectivity index (χ1v) is 33.6. The molecule has 19 heteroatoms. The van der Waals surface area contributed by atoms with E-state index in [0.717, 1.165) is 12.1 Å². The number of benzene rings is 3. The smallest absolute Gasteiger partial charge is 0.342 e. The van der Waals surface area contributed by atoms with E-state index >= 15 is 0 Å². The molecule has 80 heavy (non-hydrogen) atoms. The molecule has 3 N–H and O–H groups in total. The summed E-state index contributed by atoms with van der Waals surface area (Å²) in [7, 11) is 1.09. The van der Waals surface area contributed by atoms with Crippen LogP contribution in [0.25, 0.3) is 12.2 Å². The lowest BCUT2D eigenvalue weighted by Crippen LogP contribution is -2.41. The molecule has 0 aliphatic carbocycles. The lowest BCUT2D eigenvalue weighted by molar-refractivity contribution is -0.152. The van der Waals surface area contributed by atoms with Crippen LogP contribution in [0.3, 0.4) is 0 Å². The first kappa shape index (κ1) is 66.6. The van der Waals surface area contributed by atoms with Crippen molar-refractivity contribution in [2.75, 3.05) is 47.9 Å². The number of phenolic OH excluding ortho intramolecular Hbond substituents is 1. The summed E-state index contributed by atoms with van der Waals surface area (Å²) in [5.41, 5.74) is 1.57. The first-order valence-electron chi connectivity index (χ1n) is 26.9. The summed E-state index contributed by atoms with van der Waals surface area (Å²) in [5, 5.41) is 30.1. The van der Waals surface area contributed by atoms with Crippen LogP contribution in [0.1, 0.15) is 104 Å². The number of ketones is 1. The molecular weight excluding hydrogens is 1060 g/mol. The molecule has 3 aromatic carbocycles. The van der Waals surface area contributed by atoms with E-state index in [9.17, 15) is 34.5 Å². The van der Waals surface area contributed by atoms with Crippen LogP contribution in [0, 0.1) is 11.8 Å². The van der Waals surface area contributed by atoms with Gasteiger partial charge in [0, 0.05) is 39.8 Å². The molecule has 5 rings (SSSR count). The lowest BCUT2D eigenvalue weighted by Gasteiger charge is -2.36. The Kier molecular flexibility index (Phi) is 25.2. The van der Waals surface area contributed by atoms with Gasteiger partial charge in [-0.1, -0.05) is 109 Å². The fourth-order valence-electron chi connectivity index (χ4n) is 7.82. The summed E-state index contributed by atoms with van der Waals surface area (Å²) in [6.07, 6.45) is 8.87. The summed E-state index contributed by atoms with van der Waals surface area (Å²) in [6, 6.07) is 16.0. The number of esters is 3. The van der Waals surface area contributed by atoms with E-state index in [2.05, 4.69) is 60.4 Å². The zero-order valence-corrected chi connectivity index (χ0v) is 51.4. The van der Waals surface area contributed by atoms with Gasteiger partial charge in [0.25, 0.3) is 0 Å². The predicted octanol–water partition coefficient (Wildman–Crippen LogP) is 11.0. The highest BCUT2D eigenvalue weighted by molar-refractivity contribution is 6.76. The number of carbonyl (C=O) groups is 4. The van der Waals surface area contributed by atoms with E-state index < -0.39 is 76.4 Å². The fraction of sp³-hybridized carbons (Fsp3) is 0.508. The van der Waals surface area contributed by atoms with Gasteiger partial charge in [0.05, 0.1) is 45.2 Å². The van der Waals surface area contributed by atoms with Gasteiger partial charge < -0.3 is 62.4 Å². The molecule has 1 fully saturated rings. The van der Waals surface area contributed by atoms with E-state index in [4.69, 9.17) is 47.1 Å². The summed E-state index contributed by atoms with van der Waals surface area (Å²) >= 11 is 0. The van der Waals surface area contributed by atoms with Crippen molar-refractivity contribution in [2.24, 2.45) is 11.8 Å². The Morgan fingerprint density at radius 2 is 1.57 bits per heavy atom. The SMILES string of the molecule is COCOc1cc(OC)cc(/C=C/C[C@@H]2OC(C)(C)OC2C(/C=C\[C@@H](C)CO[Si](C)(C)C(C)(C)C)OC(=O)c2ccccc2)c1C(=O)OCC[Si](C)(C)C.COc1cc(O)c2c(c1)/C=C/C[C@H](O)C(O)C(=O)/C=C\[C@@H](C)COC2=O. The summed E-state index contributed by atoms with van der Waals surface area (Å²) in [6.45, 7) is 26.1. The number of phenols is 1. The molecule has 2 aliphatic heterocycles. The minimum atomic E-state index is -1.96. The van der Waals surface area contributed by atoms with Gasteiger partial charge in [-0.25, -0.2) is 14.4 Å². The van der Waals surface area contributed by atoms with E-state index in [-0.39, 0.29) is 59.3 Å². The molecule has 17 nitrogen and oxygen atoms in total. The number of ether oxygens (including phenoxy) is 9. The van der Waals surface area contributed by atoms with E-state index in [0.29, 0.717) is 47.8 Å². The van der Waals surface area contributed by atoms with Gasteiger partial charge in [-0.3, -0.25) is 4.79 Å². The topological polar surface area (TPSA) is 221 Å². The second-order valence-electron chi connectivity index (χ2n) is 23.1. The number of cyclic esters (lactones) is 1. The van der Waals surface area contributed by atoms with Crippen molar-refractivity contribution in [3.63, 3.8) is 0 Å². The molecule has 1 saturated heterocycles. The highest BCUT2D eigenvalue weighted by atomic mass is 28.4. The molecule has 3 aromatic rings. The highest BCUT2D eigenvalue weighted by Crippen LogP contribution is 2.38. The largest absolute Gasteiger partial charge is 0.507 e. The monoisotopic (exact) mass is 1150 g/mol. The molecule has 3 unspecified atom stereocenters. The van der Waals surface area contributed by atoms with Crippen LogP contribution in [0.15, 0.2) is 91.1 Å². The van der Waals surface area contributed by atoms with Crippen LogP contribution in [-0.2, 0) is 37.6 Å². The molecule has 7 atom stereocenters. The minimum Gasteiger partial charge on any atom is -0.507 e. The molecule has 0 bridgehead atoms. The Morgan fingerprint density at radius 1 is 0.900 bits per heavy atom. The Balaban J connectivity index is 0.000000441. The van der Waals surface area contributed by atoms with Crippen LogP contribution < -0.4 is 14.2 Å². The number of aliphatic hydroxyl groups is 2. The number of aliphatic hydroxyl groups excluding tert-OH is 2. The fourth-order valence-corrected chi connectivity index (χ4v) is 9.65. The summed E-state index contributed by atoms with van der Waals surface area (Å²) in [5.74, 6) is -2.65. The molecule has 2 heterocycles. The van der Waals surface area contributed by atoms with Crippen molar-refractivity contribution in [2.45, 2.75) is 141 Å². The third kappa shape index (κ3) is 20.6. The van der Waals surface area contributed by atoms with Crippen LogP contribution in [0.4, 0.5) is 0 Å². The molecule has 0 aromatic heterocycles. The van der Waals surface area contributed by atoms with Crippen LogP contribution in [0.5, 0.6) is 23.0 Å². The van der Waals surface area contributed by atoms with Gasteiger partial charge in [0.2, 0.25) is 0 Å². The summed E-state index contributed by atoms with van der Waals surface area (Å²) in [4.78, 5) is 51.2. The average Bonchev–Trinajstić information content (AvgIpc) is 3.72. The standard InChI is InChI=1S/C42H64O10Si2.C19H22O7/c1-30(28-49-54(12,13)41(2,3)4)22-23-34(50-39(43)31-18-15-14-16-19-31)38-35(51-42(5,6)52-38)21-17-20-32-26-33(46-8)27-36(48-29-45-7)37(32)40(44)47-24-25-53(9,10)11;1-11-6-7-15(21)18(23)14(20)5-3-4-12-8-13(25-2)9-16(22)17(12)19(24)26-10-11/h14-20,22-23,26-27,30,34-35,38H,21,24-25,28-29H2,1-13H3;3-4,6-9,11,14,18,20,22-23H,5,10H2,1-2H3/b20-17+,23-22-;4-3+,7-6-/t30-,34?,35+,38?;11-,14+,18?/m11/s1. The normalized spacial score (nSPS) is 21.5. The third-order valence-electron chi connectivity index (χ3n) is 13.5. The number of carbonyl (C=O) groups excluding carboxylic acids is 4. The molecule has 0 amide bonds. The predicted molar refractivity (Wildman–Crippen MR) is 312 cm³/mol. The van der Waals surface area contributed by atoms with Gasteiger partial charge in [0.15, 0.2) is 26.7 Å². The van der Waals surface area contributed by atoms with Crippen molar-refractivity contribution >= 4 is 52.2 Å². The molecule has 2 aliphatic rings. The second kappa shape index (κ2) is 30.2. The van der Waals surface area contributed by atoms with Gasteiger partial charge in [-0.15, -0.1) is 0 Å². The Morgan fingerprint density at radius 3 is 2.21 bits per heavy atom.